The molecular weight excluding hydrogens is 591 g/mol. The third-order valence-corrected chi connectivity index (χ3v) is 11.7. The smallest absolute Gasteiger partial charge is 1.00 e. The predicted molar refractivity (Wildman–Crippen MR) is 161 cm³/mol. The molecule has 222 valence electrons. The minimum absolute atomic E-state index is 0. The van der Waals surface area contributed by atoms with Crippen molar-refractivity contribution >= 4 is 9.52 Å². The van der Waals surface area contributed by atoms with Crippen molar-refractivity contribution in [1.29, 1.82) is 0 Å². The molecule has 0 bridgehead atoms. The molecule has 3 rings (SSSR count). The Morgan fingerprint density at radius 2 is 1.28 bits per heavy atom. The molecule has 0 heterocycles. The standard InChI is InChI=1S/C34H57Si.3ClH.Ti/c1-3-4-5-6-7-8-9-10-11-12-13-14-15-16-17-19-25-31-29-30-24-20-21-26-32(30)33(31)35-34(2)27-22-18-23-28-34;;;;/h18,20-23,26-27,30-31H,3-17,19,24-25,28-29,35H2,1-2H3;3*1H;/q-1;;;;+4/p-3. The maximum Gasteiger partial charge on any atom is 4.00 e. The van der Waals surface area contributed by atoms with Crippen LogP contribution >= 0.6 is 0 Å². The van der Waals surface area contributed by atoms with E-state index in [-0.39, 0.29) is 68.5 Å². The number of unbranched alkanes of at least 4 members (excludes halogenated alkanes) is 15. The van der Waals surface area contributed by atoms with Crippen LogP contribution < -0.4 is 37.2 Å². The first-order valence-corrected chi connectivity index (χ1v) is 17.2. The van der Waals surface area contributed by atoms with Gasteiger partial charge < -0.3 is 37.2 Å². The summed E-state index contributed by atoms with van der Waals surface area (Å²) < 4.78 is 0. The van der Waals surface area contributed by atoms with Crippen LogP contribution in [-0.4, -0.2) is 9.52 Å². The third-order valence-electron chi connectivity index (χ3n) is 9.04. The van der Waals surface area contributed by atoms with Gasteiger partial charge in [-0.05, 0) is 33.3 Å². The Hall–Kier alpha value is 0.631. The van der Waals surface area contributed by atoms with Crippen molar-refractivity contribution in [2.24, 2.45) is 11.8 Å². The fraction of sp³-hybridized carbons (Fsp3) is 0.735. The molecule has 0 N–H and O–H groups in total. The molecule has 0 aliphatic heterocycles. The average Bonchev–Trinajstić information content (AvgIpc) is 3.20. The zero-order valence-electron chi connectivity index (χ0n) is 25.2. The van der Waals surface area contributed by atoms with E-state index in [0.717, 1.165) is 11.8 Å². The Morgan fingerprint density at radius 3 is 1.79 bits per heavy atom. The second kappa shape index (κ2) is 25.2. The molecule has 3 unspecified atom stereocenters. The monoisotopic (exact) mass is 646 g/mol. The molecule has 0 spiro atoms. The van der Waals surface area contributed by atoms with Crippen LogP contribution in [0.15, 0.2) is 48.1 Å². The zero-order valence-corrected chi connectivity index (χ0v) is 30.4. The molecule has 0 nitrogen and oxygen atoms in total. The van der Waals surface area contributed by atoms with Crippen LogP contribution in [0.1, 0.15) is 142 Å². The molecule has 3 aliphatic rings. The summed E-state index contributed by atoms with van der Waals surface area (Å²) in [5.74, 6) is 1.75. The second-order valence-corrected chi connectivity index (χ2v) is 15.1. The number of rotatable bonds is 19. The molecule has 1 saturated carbocycles. The van der Waals surface area contributed by atoms with Crippen molar-refractivity contribution in [3.05, 3.63) is 53.6 Å². The largest absolute Gasteiger partial charge is 4.00 e. The van der Waals surface area contributed by atoms with Crippen molar-refractivity contribution in [1.82, 2.24) is 0 Å². The fourth-order valence-corrected chi connectivity index (χ4v) is 9.51. The first-order valence-electron chi connectivity index (χ1n) is 15.8. The molecule has 1 fully saturated rings. The first kappa shape index (κ1) is 41.8. The van der Waals surface area contributed by atoms with Crippen molar-refractivity contribution in [2.45, 2.75) is 147 Å². The summed E-state index contributed by atoms with van der Waals surface area (Å²) >= 11 is 0. The van der Waals surface area contributed by atoms with Crippen LogP contribution in [0.5, 0.6) is 0 Å². The van der Waals surface area contributed by atoms with Crippen LogP contribution in [-0.2, 0) is 21.7 Å². The molecule has 0 saturated heterocycles. The number of allylic oxidation sites excluding steroid dienone is 8. The van der Waals surface area contributed by atoms with Crippen LogP contribution in [0.3, 0.4) is 0 Å². The summed E-state index contributed by atoms with van der Waals surface area (Å²) in [4.78, 5) is 0. The van der Waals surface area contributed by atoms with Gasteiger partial charge in [-0.25, -0.2) is 17.2 Å². The maximum absolute atomic E-state index is 2.53. The van der Waals surface area contributed by atoms with Crippen molar-refractivity contribution in [2.75, 3.05) is 0 Å². The summed E-state index contributed by atoms with van der Waals surface area (Å²) in [6, 6.07) is 0. The quantitative estimate of drug-likeness (QED) is 0.114. The van der Waals surface area contributed by atoms with Gasteiger partial charge in [0.05, 0.1) is 0 Å². The van der Waals surface area contributed by atoms with E-state index in [1.807, 2.05) is 5.54 Å². The van der Waals surface area contributed by atoms with Gasteiger partial charge in [0.2, 0.25) is 0 Å². The van der Waals surface area contributed by atoms with Gasteiger partial charge in [-0.1, -0.05) is 160 Å². The van der Waals surface area contributed by atoms with Gasteiger partial charge >= 0.3 is 21.7 Å². The van der Waals surface area contributed by atoms with E-state index in [2.05, 4.69) is 56.4 Å². The molecule has 0 aromatic carbocycles. The fourth-order valence-electron chi connectivity index (χ4n) is 6.81. The summed E-state index contributed by atoms with van der Waals surface area (Å²) in [6.45, 7) is 4.84. The summed E-state index contributed by atoms with van der Waals surface area (Å²) in [7, 11) is -0.258. The van der Waals surface area contributed by atoms with Crippen molar-refractivity contribution < 1.29 is 58.9 Å². The van der Waals surface area contributed by atoms with Crippen LogP contribution in [0.2, 0.25) is 5.04 Å². The van der Waals surface area contributed by atoms with E-state index in [0.29, 0.717) is 5.04 Å². The molecule has 3 atom stereocenters. The predicted octanol–water partition coefficient (Wildman–Crippen LogP) is 1.57. The molecule has 0 aromatic rings. The molecule has 3 aliphatic carbocycles. The molecule has 5 heteroatoms. The molecular formula is C34H57Cl3SiTi. The van der Waals surface area contributed by atoms with Crippen LogP contribution in [0.4, 0.5) is 0 Å². The van der Waals surface area contributed by atoms with Gasteiger partial charge in [-0.15, -0.1) is 12.2 Å². The van der Waals surface area contributed by atoms with E-state index < -0.39 is 0 Å². The van der Waals surface area contributed by atoms with Gasteiger partial charge in [0, 0.05) is 0 Å². The van der Waals surface area contributed by atoms with Gasteiger partial charge in [-0.3, -0.25) is 0 Å². The Bertz CT molecular complexity index is 705. The van der Waals surface area contributed by atoms with Crippen LogP contribution in [0, 0.1) is 17.4 Å². The minimum Gasteiger partial charge on any atom is -1.00 e. The van der Waals surface area contributed by atoms with Gasteiger partial charge in [0.1, 0.15) is 0 Å². The molecule has 0 radical (unpaired) electrons. The topological polar surface area (TPSA) is 0 Å². The molecule has 39 heavy (non-hydrogen) atoms. The molecule has 0 amide bonds. The van der Waals surface area contributed by atoms with E-state index in [1.165, 1.54) is 128 Å². The van der Waals surface area contributed by atoms with Crippen molar-refractivity contribution in [3.63, 3.8) is 0 Å². The van der Waals surface area contributed by atoms with E-state index >= 15 is 0 Å². The van der Waals surface area contributed by atoms with E-state index in [4.69, 9.17) is 0 Å². The average molecular weight is 648 g/mol. The summed E-state index contributed by atoms with van der Waals surface area (Å²) in [5, 5.41) is 0.466. The SMILES string of the molecule is CCCCCCCCCCCCCCCCCCC1CC2CC=CC=C2[C-]1[SiH2]C1(C)C=CC=CC1.[Cl-].[Cl-].[Cl-].[Ti+4]. The van der Waals surface area contributed by atoms with E-state index in [9.17, 15) is 0 Å². The number of halogens is 3. The minimum atomic E-state index is -0.258. The number of hydrogen-bond donors (Lipinski definition) is 0. The van der Waals surface area contributed by atoms with Crippen molar-refractivity contribution in [3.8, 4) is 0 Å². The summed E-state index contributed by atoms with van der Waals surface area (Å²) in [5.41, 5.74) is 3.74. The maximum atomic E-state index is 2.53. The Labute approximate surface area is 279 Å². The Kier molecular flexibility index (Phi) is 26.9. The van der Waals surface area contributed by atoms with Gasteiger partial charge in [0.25, 0.3) is 0 Å². The zero-order chi connectivity index (χ0) is 24.6. The second-order valence-electron chi connectivity index (χ2n) is 12.4. The van der Waals surface area contributed by atoms with Crippen LogP contribution in [0.25, 0.3) is 0 Å². The molecule has 0 aromatic heterocycles. The normalized spacial score (nSPS) is 23.0. The van der Waals surface area contributed by atoms with Gasteiger partial charge in [-0.2, -0.15) is 0 Å². The number of hydrogen-bond acceptors (Lipinski definition) is 0. The number of fused-ring (bicyclic) bond motifs is 1. The Morgan fingerprint density at radius 1 is 0.744 bits per heavy atom. The summed E-state index contributed by atoms with van der Waals surface area (Å²) in [6.07, 6.45) is 45.7. The van der Waals surface area contributed by atoms with Gasteiger partial charge in [0.15, 0.2) is 0 Å². The third kappa shape index (κ3) is 16.2. The van der Waals surface area contributed by atoms with E-state index in [1.54, 1.807) is 5.57 Å². The first-order chi connectivity index (χ1) is 17.2. The Balaban J connectivity index is 0.